The van der Waals surface area contributed by atoms with Crippen LogP contribution in [0.5, 0.6) is 0 Å². The normalized spacial score (nSPS) is 17.7. The second-order valence-electron chi connectivity index (χ2n) is 5.63. The van der Waals surface area contributed by atoms with Crippen molar-refractivity contribution in [3.05, 3.63) is 21.9 Å². The summed E-state index contributed by atoms with van der Waals surface area (Å²) < 4.78 is 0. The van der Waals surface area contributed by atoms with E-state index in [4.69, 9.17) is 5.73 Å². The molecule has 19 heavy (non-hydrogen) atoms. The van der Waals surface area contributed by atoms with Crippen LogP contribution in [-0.2, 0) is 0 Å². The van der Waals surface area contributed by atoms with Crippen LogP contribution in [0.1, 0.15) is 41.2 Å². The van der Waals surface area contributed by atoms with E-state index in [1.165, 1.54) is 11.3 Å². The summed E-state index contributed by atoms with van der Waals surface area (Å²) in [6.45, 7) is 6.59. The van der Waals surface area contributed by atoms with Crippen LogP contribution in [0.25, 0.3) is 0 Å². The highest BCUT2D eigenvalue weighted by Crippen LogP contribution is 2.30. The second kappa shape index (κ2) is 5.77. The van der Waals surface area contributed by atoms with Crippen LogP contribution in [0, 0.1) is 17.3 Å². The van der Waals surface area contributed by atoms with E-state index in [9.17, 15) is 4.79 Å². The Morgan fingerprint density at radius 3 is 2.74 bits per heavy atom. The number of likely N-dealkylation sites (tertiary alicyclic amines) is 1. The standard InChI is InChI=1S/C15H20N2OS/c1-15(2)7-10-17(11-8-15)14(18)13-6-5-12(19-13)4-3-9-16/h5-6H,7-11,16H2,1-2H3. The quantitative estimate of drug-likeness (QED) is 0.800. The number of carbonyl (C=O) groups is 1. The zero-order valence-corrected chi connectivity index (χ0v) is 12.3. The number of amides is 1. The minimum atomic E-state index is 0.140. The molecule has 1 amide bonds. The lowest BCUT2D eigenvalue weighted by molar-refractivity contribution is 0.0635. The third-order valence-electron chi connectivity index (χ3n) is 3.53. The molecule has 0 atom stereocenters. The highest BCUT2D eigenvalue weighted by molar-refractivity contribution is 7.14. The Morgan fingerprint density at radius 1 is 1.42 bits per heavy atom. The molecule has 0 unspecified atom stereocenters. The number of hydrogen-bond donors (Lipinski definition) is 1. The van der Waals surface area contributed by atoms with Crippen molar-refractivity contribution < 1.29 is 4.79 Å². The highest BCUT2D eigenvalue weighted by atomic mass is 32.1. The van der Waals surface area contributed by atoms with Crippen molar-refractivity contribution >= 4 is 17.2 Å². The molecule has 1 aliphatic heterocycles. The van der Waals surface area contributed by atoms with Crippen LogP contribution >= 0.6 is 11.3 Å². The van der Waals surface area contributed by atoms with E-state index < -0.39 is 0 Å². The number of hydrogen-bond acceptors (Lipinski definition) is 3. The molecule has 3 nitrogen and oxygen atoms in total. The minimum absolute atomic E-state index is 0.140. The van der Waals surface area contributed by atoms with Gasteiger partial charge >= 0.3 is 0 Å². The molecule has 1 saturated heterocycles. The van der Waals surface area contributed by atoms with Crippen molar-refractivity contribution in [2.45, 2.75) is 26.7 Å². The first-order chi connectivity index (χ1) is 9.02. The fraction of sp³-hybridized carbons (Fsp3) is 0.533. The minimum Gasteiger partial charge on any atom is -0.338 e. The summed E-state index contributed by atoms with van der Waals surface area (Å²) in [6, 6.07) is 3.77. The van der Waals surface area contributed by atoms with Crippen molar-refractivity contribution in [2.24, 2.45) is 11.1 Å². The zero-order chi connectivity index (χ0) is 13.9. The topological polar surface area (TPSA) is 46.3 Å². The third kappa shape index (κ3) is 3.59. The van der Waals surface area contributed by atoms with Crippen molar-refractivity contribution in [1.29, 1.82) is 0 Å². The molecule has 1 aromatic heterocycles. The van der Waals surface area contributed by atoms with Crippen molar-refractivity contribution in [3.63, 3.8) is 0 Å². The summed E-state index contributed by atoms with van der Waals surface area (Å²) in [7, 11) is 0. The lowest BCUT2D eigenvalue weighted by atomic mass is 9.82. The first kappa shape index (κ1) is 14.1. The Labute approximate surface area is 118 Å². The zero-order valence-electron chi connectivity index (χ0n) is 11.5. The molecule has 0 aliphatic carbocycles. The maximum absolute atomic E-state index is 12.4. The van der Waals surface area contributed by atoms with Gasteiger partial charge in [0.25, 0.3) is 5.91 Å². The van der Waals surface area contributed by atoms with Gasteiger partial charge in [-0.3, -0.25) is 4.79 Å². The molecule has 0 bridgehead atoms. The van der Waals surface area contributed by atoms with Crippen LogP contribution < -0.4 is 5.73 Å². The molecule has 102 valence electrons. The van der Waals surface area contributed by atoms with Crippen LogP contribution in [0.3, 0.4) is 0 Å². The maximum Gasteiger partial charge on any atom is 0.263 e. The number of nitrogens with zero attached hydrogens (tertiary/aromatic N) is 1. The summed E-state index contributed by atoms with van der Waals surface area (Å²) in [5.74, 6) is 5.92. The second-order valence-corrected chi connectivity index (χ2v) is 6.71. The van der Waals surface area contributed by atoms with Crippen LogP contribution in [-0.4, -0.2) is 30.4 Å². The van der Waals surface area contributed by atoms with Gasteiger partial charge in [0, 0.05) is 13.1 Å². The van der Waals surface area contributed by atoms with Gasteiger partial charge in [-0.25, -0.2) is 0 Å². The number of carbonyl (C=O) groups excluding carboxylic acids is 1. The lowest BCUT2D eigenvalue weighted by Gasteiger charge is -2.36. The fourth-order valence-corrected chi connectivity index (χ4v) is 2.98. The fourth-order valence-electron chi connectivity index (χ4n) is 2.13. The van der Waals surface area contributed by atoms with Crippen molar-refractivity contribution in [1.82, 2.24) is 4.90 Å². The molecule has 1 aliphatic rings. The van der Waals surface area contributed by atoms with E-state index >= 15 is 0 Å². The van der Waals surface area contributed by atoms with Gasteiger partial charge in [-0.05, 0) is 30.4 Å². The summed E-state index contributed by atoms with van der Waals surface area (Å²) in [5, 5.41) is 0. The van der Waals surface area contributed by atoms with Crippen LogP contribution in [0.15, 0.2) is 12.1 Å². The maximum atomic E-state index is 12.4. The van der Waals surface area contributed by atoms with Crippen molar-refractivity contribution in [2.75, 3.05) is 19.6 Å². The molecule has 1 aromatic rings. The SMILES string of the molecule is CC1(C)CCN(C(=O)c2ccc(C#CCN)s2)CC1. The average Bonchev–Trinajstić information content (AvgIpc) is 2.84. The van der Waals surface area contributed by atoms with Gasteiger partial charge in [0.15, 0.2) is 0 Å². The van der Waals surface area contributed by atoms with Crippen LogP contribution in [0.4, 0.5) is 0 Å². The number of thiophene rings is 1. The van der Waals surface area contributed by atoms with E-state index in [2.05, 4.69) is 25.7 Å². The molecule has 0 aromatic carbocycles. The first-order valence-corrected chi connectivity index (χ1v) is 7.41. The Hall–Kier alpha value is -1.31. The first-order valence-electron chi connectivity index (χ1n) is 6.60. The van der Waals surface area contributed by atoms with Gasteiger partial charge in [-0.1, -0.05) is 25.7 Å². The molecule has 0 saturated carbocycles. The third-order valence-corrected chi connectivity index (χ3v) is 4.52. The van der Waals surface area contributed by atoms with E-state index in [-0.39, 0.29) is 5.91 Å². The molecule has 0 radical (unpaired) electrons. The van der Waals surface area contributed by atoms with Gasteiger partial charge < -0.3 is 10.6 Å². The van der Waals surface area contributed by atoms with Crippen molar-refractivity contribution in [3.8, 4) is 11.8 Å². The summed E-state index contributed by atoms with van der Waals surface area (Å²) >= 11 is 1.45. The largest absolute Gasteiger partial charge is 0.338 e. The number of nitrogens with two attached hydrogens (primary N) is 1. The van der Waals surface area contributed by atoms with Gasteiger partial charge in [-0.15, -0.1) is 11.3 Å². The molecule has 4 heteroatoms. The van der Waals surface area contributed by atoms with Gasteiger partial charge in [0.05, 0.1) is 16.3 Å². The lowest BCUT2D eigenvalue weighted by Crippen LogP contribution is -2.40. The Kier molecular flexibility index (Phi) is 4.28. The van der Waals surface area contributed by atoms with Gasteiger partial charge in [0.2, 0.25) is 0 Å². The Bertz CT molecular complexity index is 512. The predicted molar refractivity (Wildman–Crippen MR) is 79.2 cm³/mol. The van der Waals surface area contributed by atoms with E-state index in [0.717, 1.165) is 35.7 Å². The monoisotopic (exact) mass is 276 g/mol. The molecular formula is C15H20N2OS. The predicted octanol–water partition coefficient (Wildman–Crippen LogP) is 2.32. The summed E-state index contributed by atoms with van der Waals surface area (Å²) in [6.07, 6.45) is 2.15. The molecule has 2 rings (SSSR count). The van der Waals surface area contributed by atoms with Crippen LogP contribution in [0.2, 0.25) is 0 Å². The summed E-state index contributed by atoms with van der Waals surface area (Å²) in [5.41, 5.74) is 5.71. The number of piperidine rings is 1. The molecule has 1 fully saturated rings. The Balaban J connectivity index is 2.02. The van der Waals surface area contributed by atoms with E-state index in [1.54, 1.807) is 0 Å². The average molecular weight is 276 g/mol. The van der Waals surface area contributed by atoms with E-state index in [0.29, 0.717) is 12.0 Å². The van der Waals surface area contributed by atoms with Gasteiger partial charge in [-0.2, -0.15) is 0 Å². The van der Waals surface area contributed by atoms with Gasteiger partial charge in [0.1, 0.15) is 0 Å². The Morgan fingerprint density at radius 2 is 2.11 bits per heavy atom. The molecule has 2 heterocycles. The number of rotatable bonds is 1. The molecular weight excluding hydrogens is 256 g/mol. The highest BCUT2D eigenvalue weighted by Gasteiger charge is 2.28. The molecule has 2 N–H and O–H groups in total. The molecule has 0 spiro atoms. The summed E-state index contributed by atoms with van der Waals surface area (Å²) in [4.78, 5) is 16.0. The van der Waals surface area contributed by atoms with E-state index in [1.807, 2.05) is 17.0 Å². The smallest absolute Gasteiger partial charge is 0.263 e.